The van der Waals surface area contributed by atoms with Crippen LogP contribution in [0.1, 0.15) is 19.8 Å². The van der Waals surface area contributed by atoms with E-state index in [1.165, 1.54) is 7.11 Å². The second kappa shape index (κ2) is 4.07. The Morgan fingerprint density at radius 2 is 2.08 bits per heavy atom. The summed E-state index contributed by atoms with van der Waals surface area (Å²) in [5.41, 5.74) is 4.48. The highest BCUT2D eigenvalue weighted by molar-refractivity contribution is 5.83. The van der Waals surface area contributed by atoms with Gasteiger partial charge in [0.1, 0.15) is 5.60 Å². The van der Waals surface area contributed by atoms with E-state index in [0.717, 1.165) is 12.8 Å². The van der Waals surface area contributed by atoms with Gasteiger partial charge in [0.05, 0.1) is 0 Å². The van der Waals surface area contributed by atoms with Crippen LogP contribution in [0.15, 0.2) is 0 Å². The number of ether oxygens (including phenoxy) is 2. The van der Waals surface area contributed by atoms with Crippen LogP contribution < -0.4 is 5.73 Å². The van der Waals surface area contributed by atoms with Gasteiger partial charge < -0.3 is 15.2 Å². The van der Waals surface area contributed by atoms with Gasteiger partial charge in [-0.3, -0.25) is 4.79 Å². The van der Waals surface area contributed by atoms with Crippen LogP contribution in [0, 0.1) is 5.92 Å². The fraction of sp³-hybridized carbons (Fsp3) is 0.889. The van der Waals surface area contributed by atoms with Gasteiger partial charge in [-0.2, -0.15) is 0 Å². The molecule has 4 heteroatoms. The van der Waals surface area contributed by atoms with E-state index in [9.17, 15) is 4.79 Å². The number of primary amides is 1. The molecule has 1 atom stereocenters. The number of hydrogen-bond donors (Lipinski definition) is 1. The van der Waals surface area contributed by atoms with Gasteiger partial charge in [0.25, 0.3) is 0 Å². The van der Waals surface area contributed by atoms with Crippen molar-refractivity contribution >= 4 is 5.91 Å². The summed E-state index contributed by atoms with van der Waals surface area (Å²) in [6, 6.07) is 0. The summed E-state index contributed by atoms with van der Waals surface area (Å²) >= 11 is 0. The molecule has 1 aliphatic heterocycles. The quantitative estimate of drug-likeness (QED) is 0.691. The van der Waals surface area contributed by atoms with Gasteiger partial charge in [-0.05, 0) is 19.8 Å². The van der Waals surface area contributed by atoms with Gasteiger partial charge in [0.2, 0.25) is 5.91 Å². The van der Waals surface area contributed by atoms with Crippen LogP contribution in [-0.2, 0) is 14.3 Å². The molecule has 0 aromatic rings. The van der Waals surface area contributed by atoms with E-state index < -0.39 is 5.60 Å². The Kier molecular flexibility index (Phi) is 3.27. The van der Waals surface area contributed by atoms with E-state index in [0.29, 0.717) is 13.2 Å². The van der Waals surface area contributed by atoms with Crippen LogP contribution in [0.5, 0.6) is 0 Å². The fourth-order valence-corrected chi connectivity index (χ4v) is 1.72. The van der Waals surface area contributed by atoms with Crippen LogP contribution >= 0.6 is 0 Å². The van der Waals surface area contributed by atoms with Crippen LogP contribution in [0.3, 0.4) is 0 Å². The van der Waals surface area contributed by atoms with Crippen molar-refractivity contribution in [3.8, 4) is 0 Å². The molecule has 13 heavy (non-hydrogen) atoms. The predicted octanol–water partition coefficient (Wildman–Crippen LogP) is 0.303. The third kappa shape index (κ3) is 2.00. The molecule has 1 fully saturated rings. The highest BCUT2D eigenvalue weighted by atomic mass is 16.5. The van der Waals surface area contributed by atoms with Gasteiger partial charge in [0.15, 0.2) is 0 Å². The number of hydrogen-bond acceptors (Lipinski definition) is 3. The number of amides is 1. The summed E-state index contributed by atoms with van der Waals surface area (Å²) in [5.74, 6) is -0.203. The molecule has 2 N–H and O–H groups in total. The molecule has 0 bridgehead atoms. The van der Waals surface area contributed by atoms with Crippen LogP contribution in [0.4, 0.5) is 0 Å². The molecule has 0 spiro atoms. The van der Waals surface area contributed by atoms with E-state index in [-0.39, 0.29) is 11.8 Å². The van der Waals surface area contributed by atoms with Crippen LogP contribution in [0.2, 0.25) is 0 Å². The molecule has 1 amide bonds. The minimum absolute atomic E-state index is 0.184. The normalized spacial score (nSPS) is 23.8. The van der Waals surface area contributed by atoms with Crippen molar-refractivity contribution in [3.63, 3.8) is 0 Å². The molecule has 1 unspecified atom stereocenters. The summed E-state index contributed by atoms with van der Waals surface area (Å²) in [5, 5.41) is 0. The van der Waals surface area contributed by atoms with Gasteiger partial charge in [-0.1, -0.05) is 0 Å². The molecule has 0 aromatic carbocycles. The lowest BCUT2D eigenvalue weighted by molar-refractivity contribution is -0.149. The number of nitrogens with two attached hydrogens (primary N) is 1. The summed E-state index contributed by atoms with van der Waals surface area (Å²) in [4.78, 5) is 11.2. The molecule has 0 saturated carbocycles. The summed E-state index contributed by atoms with van der Waals surface area (Å²) in [6.45, 7) is 3.14. The predicted molar refractivity (Wildman–Crippen MR) is 48.2 cm³/mol. The maximum atomic E-state index is 11.2. The van der Waals surface area contributed by atoms with Gasteiger partial charge >= 0.3 is 0 Å². The zero-order chi connectivity index (χ0) is 9.90. The minimum atomic E-state index is -0.830. The molecule has 0 radical (unpaired) electrons. The lowest BCUT2D eigenvalue weighted by Crippen LogP contribution is -2.50. The largest absolute Gasteiger partial charge is 0.381 e. The van der Waals surface area contributed by atoms with E-state index >= 15 is 0 Å². The standard InChI is InChI=1S/C9H17NO3/c1-9(12-2,8(10)11)7-3-5-13-6-4-7/h7H,3-6H2,1-2H3,(H2,10,11). The maximum absolute atomic E-state index is 11.2. The van der Waals surface area contributed by atoms with Crippen molar-refractivity contribution in [3.05, 3.63) is 0 Å². The summed E-state index contributed by atoms with van der Waals surface area (Å²) in [7, 11) is 1.53. The molecule has 0 aliphatic carbocycles. The van der Waals surface area contributed by atoms with Crippen molar-refractivity contribution in [2.45, 2.75) is 25.4 Å². The van der Waals surface area contributed by atoms with Gasteiger partial charge in [-0.25, -0.2) is 0 Å². The molecule has 4 nitrogen and oxygen atoms in total. The van der Waals surface area contributed by atoms with Crippen molar-refractivity contribution in [1.29, 1.82) is 0 Å². The van der Waals surface area contributed by atoms with Crippen molar-refractivity contribution in [1.82, 2.24) is 0 Å². The Morgan fingerprint density at radius 1 is 1.54 bits per heavy atom. The molecule has 1 rings (SSSR count). The lowest BCUT2D eigenvalue weighted by Gasteiger charge is -2.35. The molecule has 1 aliphatic rings. The Balaban J connectivity index is 2.68. The van der Waals surface area contributed by atoms with Crippen molar-refractivity contribution in [2.24, 2.45) is 11.7 Å². The minimum Gasteiger partial charge on any atom is -0.381 e. The highest BCUT2D eigenvalue weighted by Crippen LogP contribution is 2.29. The van der Waals surface area contributed by atoms with E-state index in [1.807, 2.05) is 0 Å². The average Bonchev–Trinajstić information content (AvgIpc) is 2.17. The Labute approximate surface area is 78.4 Å². The van der Waals surface area contributed by atoms with Crippen molar-refractivity contribution in [2.75, 3.05) is 20.3 Å². The average molecular weight is 187 g/mol. The van der Waals surface area contributed by atoms with E-state index in [1.54, 1.807) is 6.92 Å². The Hall–Kier alpha value is -0.610. The molecule has 0 aromatic heterocycles. The maximum Gasteiger partial charge on any atom is 0.249 e. The molecule has 1 heterocycles. The Bertz CT molecular complexity index is 189. The first-order valence-electron chi connectivity index (χ1n) is 4.54. The second-order valence-electron chi connectivity index (χ2n) is 3.56. The van der Waals surface area contributed by atoms with E-state index in [4.69, 9.17) is 15.2 Å². The van der Waals surface area contributed by atoms with Gasteiger partial charge in [0, 0.05) is 26.2 Å². The van der Waals surface area contributed by atoms with E-state index in [2.05, 4.69) is 0 Å². The number of rotatable bonds is 3. The number of methoxy groups -OCH3 is 1. The highest BCUT2D eigenvalue weighted by Gasteiger charge is 2.40. The van der Waals surface area contributed by atoms with Crippen LogP contribution in [-0.4, -0.2) is 31.8 Å². The smallest absolute Gasteiger partial charge is 0.249 e. The molecule has 1 saturated heterocycles. The lowest BCUT2D eigenvalue weighted by atomic mass is 9.82. The van der Waals surface area contributed by atoms with Crippen LogP contribution in [0.25, 0.3) is 0 Å². The first-order valence-corrected chi connectivity index (χ1v) is 4.54. The van der Waals surface area contributed by atoms with Gasteiger partial charge in [-0.15, -0.1) is 0 Å². The Morgan fingerprint density at radius 3 is 2.46 bits per heavy atom. The number of carbonyl (C=O) groups excluding carboxylic acids is 1. The molecular weight excluding hydrogens is 170 g/mol. The van der Waals surface area contributed by atoms with Crippen molar-refractivity contribution < 1.29 is 14.3 Å². The third-order valence-electron chi connectivity index (χ3n) is 2.91. The third-order valence-corrected chi connectivity index (χ3v) is 2.91. The summed E-state index contributed by atoms with van der Waals surface area (Å²) in [6.07, 6.45) is 1.68. The fourth-order valence-electron chi connectivity index (χ4n) is 1.72. The zero-order valence-electron chi connectivity index (χ0n) is 8.21. The summed E-state index contributed by atoms with van der Waals surface area (Å²) < 4.78 is 10.4. The monoisotopic (exact) mass is 187 g/mol. The second-order valence-corrected chi connectivity index (χ2v) is 3.56. The zero-order valence-corrected chi connectivity index (χ0v) is 8.21. The first kappa shape index (κ1) is 10.5. The first-order chi connectivity index (χ1) is 6.11. The number of carbonyl (C=O) groups is 1. The molecular formula is C9H17NO3. The molecule has 76 valence electrons. The SMILES string of the molecule is COC(C)(C(N)=O)C1CCOCC1. The topological polar surface area (TPSA) is 61.5 Å².